The van der Waals surface area contributed by atoms with Crippen LogP contribution in [-0.4, -0.2) is 90.4 Å². The van der Waals surface area contributed by atoms with E-state index in [-0.39, 0.29) is 33.7 Å². The van der Waals surface area contributed by atoms with E-state index >= 15 is 0 Å². The number of carbonyl (C=O) groups is 3. The fraction of sp³-hybridized carbons (Fsp3) is 0.188. The average molecular weight is 1420 g/mol. The van der Waals surface area contributed by atoms with Crippen molar-refractivity contribution in [3.8, 4) is 51.6 Å². The second-order valence-corrected chi connectivity index (χ2v) is 27.3. The molecule has 15 rings (SSSR count). The Morgan fingerprint density at radius 2 is 0.731 bits per heavy atom. The number of aromatic nitrogens is 7. The molecule has 8 aromatic carbocycles. The summed E-state index contributed by atoms with van der Waals surface area (Å²) in [7, 11) is 0. The lowest BCUT2D eigenvalue weighted by molar-refractivity contribution is -0.0522. The van der Waals surface area contributed by atoms with Gasteiger partial charge in [-0.3, -0.25) is 20.9 Å². The fourth-order valence-corrected chi connectivity index (χ4v) is 12.3. The van der Waals surface area contributed by atoms with Crippen molar-refractivity contribution in [1.82, 2.24) is 34.3 Å². The standard InChI is InChI=1S/C27H25FN4O3.C27H26N4O3.C26H24FN5O2S/c1-18-8-10-19(11-9-18)32-25(15-24(31-32)27(2)16-34-17-27)30-26(33)29-23-13-12-21(14-22(23)28)35-20-6-4-3-5-7-20;1-19-8-12-21(13-9-19)31-25(16-24(30-31)27(2)17-33-18-27)29-26(32)28-20-10-14-23(15-11-20)34-22-6-4-3-5-7-22;1-17-3-5-18(6-4-17)32-24(14-23(31-32)26(2)15-35-16-26)30-25(33)29-22-8-7-20(13-21(22)27)34-19-9-11-28-12-10-19/h3-15H,16-17H2,1-2H3,(H2,29,30,33);3-16H,17-18H2,1-2H3,(H2,28,29,32);3-14H,15-16H2,1-2H3,(H2,29,30,33). The molecule has 0 spiro atoms. The lowest BCUT2D eigenvalue weighted by Crippen LogP contribution is -2.44. The van der Waals surface area contributed by atoms with Gasteiger partial charge in [-0.1, -0.05) is 96.4 Å². The summed E-state index contributed by atoms with van der Waals surface area (Å²) in [6.07, 6.45) is 3.17. The second kappa shape index (κ2) is 31.0. The van der Waals surface area contributed by atoms with Crippen LogP contribution in [0.3, 0.4) is 0 Å². The Bertz CT molecular complexity index is 4770. The monoisotopic (exact) mass is 1420 g/mol. The Kier molecular flexibility index (Phi) is 21.0. The van der Waals surface area contributed by atoms with Crippen LogP contribution in [-0.2, 0) is 25.7 Å². The number of nitrogens with zero attached hydrogens (tertiary/aromatic N) is 7. The molecule has 6 amide bonds. The van der Waals surface area contributed by atoms with Crippen molar-refractivity contribution >= 4 is 64.4 Å². The third kappa shape index (κ3) is 17.1. The number of halogens is 2. The number of para-hydroxylation sites is 2. The van der Waals surface area contributed by atoms with Crippen molar-refractivity contribution < 1.29 is 46.8 Å². The van der Waals surface area contributed by atoms with Gasteiger partial charge in [-0.2, -0.15) is 27.1 Å². The molecule has 0 atom stereocenters. The predicted octanol–water partition coefficient (Wildman–Crippen LogP) is 18.1. The van der Waals surface area contributed by atoms with Crippen molar-refractivity contribution in [1.29, 1.82) is 0 Å². The van der Waals surface area contributed by atoms with Crippen LogP contribution in [0.15, 0.2) is 237 Å². The highest BCUT2D eigenvalue weighted by atomic mass is 32.2. The fourth-order valence-electron chi connectivity index (χ4n) is 11.1. The lowest BCUT2D eigenvalue weighted by atomic mass is 9.85. The molecule has 0 unspecified atom stereocenters. The Balaban J connectivity index is 0.000000139. The predicted molar refractivity (Wildman–Crippen MR) is 400 cm³/mol. The van der Waals surface area contributed by atoms with Crippen LogP contribution in [0.1, 0.15) is 54.5 Å². The number of aryl methyl sites for hydroxylation is 3. The van der Waals surface area contributed by atoms with E-state index in [0.717, 1.165) is 68.1 Å². The van der Waals surface area contributed by atoms with Gasteiger partial charge in [-0.05, 0) is 156 Å². The Morgan fingerprint density at radius 3 is 1.08 bits per heavy atom. The molecule has 0 aliphatic carbocycles. The van der Waals surface area contributed by atoms with Crippen molar-refractivity contribution in [3.05, 3.63) is 282 Å². The molecule has 104 heavy (non-hydrogen) atoms. The van der Waals surface area contributed by atoms with Gasteiger partial charge in [0, 0.05) is 65.3 Å². The van der Waals surface area contributed by atoms with Crippen LogP contribution in [0.5, 0.6) is 34.5 Å². The first-order valence-corrected chi connectivity index (χ1v) is 34.7. The molecule has 3 fully saturated rings. The molecular weight excluding hydrogens is 1340 g/mol. The van der Waals surface area contributed by atoms with Gasteiger partial charge in [-0.25, -0.2) is 37.2 Å². The van der Waals surface area contributed by atoms with E-state index in [1.807, 2.05) is 184 Å². The minimum Gasteiger partial charge on any atom is -0.457 e. The number of ether oxygens (including phenoxy) is 5. The first kappa shape index (κ1) is 70.3. The first-order valence-electron chi connectivity index (χ1n) is 33.5. The molecule has 0 bridgehead atoms. The van der Waals surface area contributed by atoms with Gasteiger partial charge < -0.3 is 39.6 Å². The van der Waals surface area contributed by atoms with Crippen LogP contribution in [0.4, 0.5) is 57.7 Å². The van der Waals surface area contributed by atoms with Crippen LogP contribution < -0.4 is 46.1 Å². The van der Waals surface area contributed by atoms with Crippen molar-refractivity contribution in [2.45, 2.75) is 57.8 Å². The SMILES string of the molecule is Cc1ccc(-n2nc(C3(C)COC3)cc2NC(=O)Nc2ccc(Oc3ccccc3)cc2)cc1.Cc1ccc(-n2nc(C3(C)COC3)cc2NC(=O)Nc2ccc(Oc3ccccc3)cc2F)cc1.Cc1ccc(-n2nc(C3(C)CSC3)cc2NC(=O)Nc2ccc(Oc3ccncc3)cc2F)cc1. The van der Waals surface area contributed by atoms with Crippen molar-refractivity contribution in [2.75, 3.05) is 69.8 Å². The molecule has 0 saturated carbocycles. The van der Waals surface area contributed by atoms with Gasteiger partial charge in [0.1, 0.15) is 63.6 Å². The maximum absolute atomic E-state index is 14.7. The van der Waals surface area contributed by atoms with E-state index < -0.39 is 23.7 Å². The molecular formula is C80H75F2N13O8S. The molecule has 24 heteroatoms. The van der Waals surface area contributed by atoms with Crippen molar-refractivity contribution in [2.24, 2.45) is 0 Å². The van der Waals surface area contributed by atoms with E-state index in [0.29, 0.717) is 78.3 Å². The number of benzene rings is 8. The minimum atomic E-state index is -0.613. The first-order chi connectivity index (χ1) is 50.3. The largest absolute Gasteiger partial charge is 0.457 e. The molecule has 0 radical (unpaired) electrons. The number of anilines is 6. The molecule has 4 aromatic heterocycles. The van der Waals surface area contributed by atoms with E-state index in [1.165, 1.54) is 24.3 Å². The summed E-state index contributed by atoms with van der Waals surface area (Å²) in [6, 6.07) is 65.6. The van der Waals surface area contributed by atoms with E-state index in [9.17, 15) is 23.2 Å². The number of nitrogens with one attached hydrogen (secondary N) is 6. The minimum absolute atomic E-state index is 0.0314. The molecule has 21 nitrogen and oxygen atoms in total. The van der Waals surface area contributed by atoms with Gasteiger partial charge in [0.15, 0.2) is 0 Å². The van der Waals surface area contributed by atoms with E-state index in [1.54, 1.807) is 75.0 Å². The third-order valence-corrected chi connectivity index (χ3v) is 19.1. The van der Waals surface area contributed by atoms with Crippen LogP contribution in [0, 0.1) is 32.4 Å². The van der Waals surface area contributed by atoms with Gasteiger partial charge in [0.25, 0.3) is 0 Å². The Labute approximate surface area is 603 Å². The normalized spacial score (nSPS) is 14.2. The Morgan fingerprint density at radius 1 is 0.394 bits per heavy atom. The number of hydrogen-bond acceptors (Lipinski definition) is 13. The van der Waals surface area contributed by atoms with Gasteiger partial charge in [-0.15, -0.1) is 0 Å². The summed E-state index contributed by atoms with van der Waals surface area (Å²) in [6.45, 7) is 14.7. The van der Waals surface area contributed by atoms with Gasteiger partial charge >= 0.3 is 18.1 Å². The maximum Gasteiger partial charge on any atom is 0.324 e. The van der Waals surface area contributed by atoms with Crippen LogP contribution in [0.25, 0.3) is 17.1 Å². The average Bonchev–Trinajstić information content (AvgIpc) is 1.62. The highest BCUT2D eigenvalue weighted by molar-refractivity contribution is 8.00. The molecule has 12 aromatic rings. The van der Waals surface area contributed by atoms with Crippen molar-refractivity contribution in [3.63, 3.8) is 0 Å². The van der Waals surface area contributed by atoms with Crippen LogP contribution in [0.2, 0.25) is 0 Å². The summed E-state index contributed by atoms with van der Waals surface area (Å²) in [5.41, 5.74) is 8.82. The summed E-state index contributed by atoms with van der Waals surface area (Å²) in [4.78, 5) is 42.4. The van der Waals surface area contributed by atoms with Crippen LogP contribution >= 0.6 is 11.8 Å². The maximum atomic E-state index is 14.7. The summed E-state index contributed by atoms with van der Waals surface area (Å²) in [5.74, 6) is 5.52. The van der Waals surface area contributed by atoms with E-state index in [2.05, 4.69) is 57.7 Å². The number of urea groups is 3. The summed E-state index contributed by atoms with van der Waals surface area (Å²) < 4.78 is 62.4. The van der Waals surface area contributed by atoms with Gasteiger partial charge in [0.05, 0.1) is 82.8 Å². The number of pyridine rings is 1. The molecule has 528 valence electrons. The third-order valence-electron chi connectivity index (χ3n) is 17.4. The lowest BCUT2D eigenvalue weighted by Gasteiger charge is -2.36. The smallest absolute Gasteiger partial charge is 0.324 e. The Hall–Kier alpha value is -12.1. The zero-order valence-corrected chi connectivity index (χ0v) is 58.6. The molecule has 7 heterocycles. The number of hydrogen-bond donors (Lipinski definition) is 6. The highest BCUT2D eigenvalue weighted by Gasteiger charge is 2.41. The zero-order valence-electron chi connectivity index (χ0n) is 57.8. The molecule has 3 saturated heterocycles. The number of amides is 6. The molecule has 6 N–H and O–H groups in total. The zero-order chi connectivity index (χ0) is 72.4. The number of rotatable bonds is 18. The number of carbonyl (C=O) groups excluding carboxylic acids is 3. The topological polar surface area (TPSA) is 236 Å². The van der Waals surface area contributed by atoms with E-state index in [4.69, 9.17) is 39.0 Å². The number of thioether (sulfide) groups is 1. The quantitative estimate of drug-likeness (QED) is 0.0470. The highest BCUT2D eigenvalue weighted by Crippen LogP contribution is 2.42. The second-order valence-electron chi connectivity index (χ2n) is 26.3. The molecule has 3 aliphatic rings. The molecule has 3 aliphatic heterocycles. The summed E-state index contributed by atoms with van der Waals surface area (Å²) >= 11 is 1.87. The van der Waals surface area contributed by atoms with Gasteiger partial charge in [0.2, 0.25) is 0 Å². The summed E-state index contributed by atoms with van der Waals surface area (Å²) in [5, 5.41) is 30.9.